The molecule has 1 unspecified atom stereocenters. The maximum atomic E-state index is 12.7. The number of hydrogen-bond donors (Lipinski definition) is 2. The molecule has 0 saturated carbocycles. The zero-order valence-electron chi connectivity index (χ0n) is 12.0. The van der Waals surface area contributed by atoms with Crippen LogP contribution in [0.2, 0.25) is 0 Å². The number of carboxylic acid groups (broad SMARTS) is 1. The number of aliphatic carboxylic acids is 1. The molecule has 0 aromatic heterocycles. The van der Waals surface area contributed by atoms with Crippen molar-refractivity contribution in [3.05, 3.63) is 65.7 Å². The minimum absolute atomic E-state index is 0.153. The molecule has 0 saturated heterocycles. The quantitative estimate of drug-likeness (QED) is 0.860. The summed E-state index contributed by atoms with van der Waals surface area (Å²) in [5.41, 5.74) is -0.988. The molecule has 0 amide bonds. The molecule has 0 radical (unpaired) electrons. The summed E-state index contributed by atoms with van der Waals surface area (Å²) in [4.78, 5) is 10.7. The molecule has 2 rings (SSSR count). The Kier molecular flexibility index (Phi) is 4.95. The molecule has 0 spiro atoms. The summed E-state index contributed by atoms with van der Waals surface area (Å²) in [6, 6.07) is 8.90. The second-order valence-electron chi connectivity index (χ2n) is 4.83. The molecule has 0 bridgehead atoms. The molecule has 0 heterocycles. The van der Waals surface area contributed by atoms with Crippen molar-refractivity contribution < 1.29 is 31.5 Å². The Labute approximate surface area is 135 Å². The highest BCUT2D eigenvalue weighted by atomic mass is 32.2. The van der Waals surface area contributed by atoms with Crippen LogP contribution in [-0.4, -0.2) is 19.5 Å². The van der Waals surface area contributed by atoms with Gasteiger partial charge in [-0.25, -0.2) is 8.42 Å². The van der Waals surface area contributed by atoms with E-state index in [1.165, 1.54) is 24.3 Å². The Morgan fingerprint density at radius 1 is 1.04 bits per heavy atom. The number of alkyl halides is 3. The number of hydrogen-bond acceptors (Lipinski definition) is 3. The van der Waals surface area contributed by atoms with Crippen molar-refractivity contribution in [2.24, 2.45) is 0 Å². The van der Waals surface area contributed by atoms with Crippen molar-refractivity contribution in [1.82, 2.24) is 4.72 Å². The number of carboxylic acids is 1. The largest absolute Gasteiger partial charge is 0.480 e. The van der Waals surface area contributed by atoms with Gasteiger partial charge in [0.15, 0.2) is 0 Å². The summed E-state index contributed by atoms with van der Waals surface area (Å²) in [7, 11) is -4.47. The van der Waals surface area contributed by atoms with Crippen LogP contribution in [0.25, 0.3) is 0 Å². The van der Waals surface area contributed by atoms with Crippen LogP contribution in [0.15, 0.2) is 59.5 Å². The van der Waals surface area contributed by atoms with Gasteiger partial charge >= 0.3 is 12.1 Å². The van der Waals surface area contributed by atoms with Gasteiger partial charge in [-0.05, 0) is 23.8 Å². The maximum Gasteiger partial charge on any atom is 0.416 e. The molecule has 5 nitrogen and oxygen atoms in total. The van der Waals surface area contributed by atoms with Gasteiger partial charge in [-0.15, -0.1) is 0 Å². The average Bonchev–Trinajstić information content (AvgIpc) is 2.52. The predicted molar refractivity (Wildman–Crippen MR) is 78.6 cm³/mol. The van der Waals surface area contributed by atoms with E-state index in [1.807, 2.05) is 4.72 Å². The third-order valence-electron chi connectivity index (χ3n) is 3.12. The molecule has 0 aliphatic carbocycles. The van der Waals surface area contributed by atoms with E-state index in [0.29, 0.717) is 6.07 Å². The molecule has 9 heteroatoms. The molecule has 0 fully saturated rings. The zero-order chi connectivity index (χ0) is 18.0. The number of benzene rings is 2. The van der Waals surface area contributed by atoms with Gasteiger partial charge in [-0.2, -0.15) is 17.9 Å². The molecule has 0 aliphatic rings. The maximum absolute atomic E-state index is 12.7. The summed E-state index contributed by atoms with van der Waals surface area (Å²) in [5.74, 6) is -1.48. The van der Waals surface area contributed by atoms with Gasteiger partial charge in [0.2, 0.25) is 10.0 Å². The number of sulfonamides is 1. The van der Waals surface area contributed by atoms with Crippen molar-refractivity contribution in [2.75, 3.05) is 0 Å². The van der Waals surface area contributed by atoms with Gasteiger partial charge in [-0.3, -0.25) is 4.79 Å². The number of carbonyl (C=O) groups is 1. The van der Waals surface area contributed by atoms with Crippen molar-refractivity contribution in [1.29, 1.82) is 0 Å². The normalized spacial score (nSPS) is 13.5. The first-order valence-corrected chi connectivity index (χ1v) is 8.07. The summed E-state index contributed by atoms with van der Waals surface area (Å²) in [6.45, 7) is 0. The standard InChI is InChI=1S/C15H12F3NO4S/c16-15(17,18)11-7-4-8-12(9-11)24(22,23)19-13(14(20)21)10-5-2-1-3-6-10/h1-9,13,19H,(H,20,21). The molecular formula is C15H12F3NO4S. The lowest BCUT2D eigenvalue weighted by atomic mass is 10.1. The lowest BCUT2D eigenvalue weighted by molar-refractivity contribution is -0.139. The Hall–Kier alpha value is -2.39. The fraction of sp³-hybridized carbons (Fsp3) is 0.133. The fourth-order valence-corrected chi connectivity index (χ4v) is 3.19. The van der Waals surface area contributed by atoms with E-state index in [1.54, 1.807) is 6.07 Å². The SMILES string of the molecule is O=C(O)C(NS(=O)(=O)c1cccc(C(F)(F)F)c1)c1ccccc1. The number of rotatable bonds is 5. The molecule has 2 aromatic rings. The minimum atomic E-state index is -4.71. The van der Waals surface area contributed by atoms with Crippen LogP contribution in [0.4, 0.5) is 13.2 Å². The minimum Gasteiger partial charge on any atom is -0.480 e. The molecular weight excluding hydrogens is 347 g/mol. The van der Waals surface area contributed by atoms with E-state index in [9.17, 15) is 31.5 Å². The van der Waals surface area contributed by atoms with Crippen LogP contribution in [0.3, 0.4) is 0 Å². The summed E-state index contributed by atoms with van der Waals surface area (Å²) in [5, 5.41) is 9.21. The lowest BCUT2D eigenvalue weighted by Gasteiger charge is -2.16. The smallest absolute Gasteiger partial charge is 0.416 e. The van der Waals surface area contributed by atoms with E-state index in [0.717, 1.165) is 18.2 Å². The molecule has 0 aliphatic heterocycles. The van der Waals surface area contributed by atoms with Gasteiger partial charge in [0, 0.05) is 0 Å². The highest BCUT2D eigenvalue weighted by Crippen LogP contribution is 2.30. The Balaban J connectivity index is 2.38. The van der Waals surface area contributed by atoms with Crippen molar-refractivity contribution in [3.8, 4) is 0 Å². The lowest BCUT2D eigenvalue weighted by Crippen LogP contribution is -2.33. The highest BCUT2D eigenvalue weighted by molar-refractivity contribution is 7.89. The van der Waals surface area contributed by atoms with E-state index in [-0.39, 0.29) is 5.56 Å². The van der Waals surface area contributed by atoms with Gasteiger partial charge in [-0.1, -0.05) is 36.4 Å². The Morgan fingerprint density at radius 2 is 1.67 bits per heavy atom. The first-order valence-electron chi connectivity index (χ1n) is 6.58. The zero-order valence-corrected chi connectivity index (χ0v) is 12.8. The molecule has 128 valence electrons. The van der Waals surface area contributed by atoms with Crippen LogP contribution in [0, 0.1) is 0 Å². The van der Waals surface area contributed by atoms with E-state index >= 15 is 0 Å². The third-order valence-corrected chi connectivity index (χ3v) is 4.55. The van der Waals surface area contributed by atoms with E-state index in [2.05, 4.69) is 0 Å². The first kappa shape index (κ1) is 18.0. The van der Waals surface area contributed by atoms with Crippen molar-refractivity contribution in [3.63, 3.8) is 0 Å². The first-order chi connectivity index (χ1) is 11.1. The molecule has 2 aromatic carbocycles. The number of halogens is 3. The van der Waals surface area contributed by atoms with Crippen molar-refractivity contribution >= 4 is 16.0 Å². The van der Waals surface area contributed by atoms with Gasteiger partial charge in [0.1, 0.15) is 6.04 Å². The summed E-state index contributed by atoms with van der Waals surface area (Å²) >= 11 is 0. The topological polar surface area (TPSA) is 83.5 Å². The molecule has 24 heavy (non-hydrogen) atoms. The summed E-state index contributed by atoms with van der Waals surface area (Å²) < 4.78 is 64.5. The van der Waals surface area contributed by atoms with Crippen LogP contribution >= 0.6 is 0 Å². The highest BCUT2D eigenvalue weighted by Gasteiger charge is 2.33. The molecule has 1 atom stereocenters. The Bertz CT molecular complexity index is 835. The monoisotopic (exact) mass is 359 g/mol. The van der Waals surface area contributed by atoms with Crippen LogP contribution in [-0.2, 0) is 21.0 Å². The van der Waals surface area contributed by atoms with Crippen molar-refractivity contribution in [2.45, 2.75) is 17.1 Å². The van der Waals surface area contributed by atoms with Gasteiger partial charge in [0.25, 0.3) is 0 Å². The van der Waals surface area contributed by atoms with Gasteiger partial charge in [0.05, 0.1) is 10.5 Å². The second kappa shape index (κ2) is 6.62. The average molecular weight is 359 g/mol. The predicted octanol–water partition coefficient (Wildman–Crippen LogP) is 2.81. The molecule has 2 N–H and O–H groups in total. The van der Waals surface area contributed by atoms with Gasteiger partial charge < -0.3 is 5.11 Å². The van der Waals surface area contributed by atoms with E-state index in [4.69, 9.17) is 0 Å². The van der Waals surface area contributed by atoms with Crippen LogP contribution < -0.4 is 4.72 Å². The second-order valence-corrected chi connectivity index (χ2v) is 6.54. The summed E-state index contributed by atoms with van der Waals surface area (Å²) in [6.07, 6.45) is -4.71. The van der Waals surface area contributed by atoms with Crippen LogP contribution in [0.1, 0.15) is 17.2 Å². The van der Waals surface area contributed by atoms with E-state index < -0.39 is 38.7 Å². The number of nitrogens with one attached hydrogen (secondary N) is 1. The fourth-order valence-electron chi connectivity index (χ4n) is 1.97. The van der Waals surface area contributed by atoms with Crippen LogP contribution in [0.5, 0.6) is 0 Å². The Morgan fingerprint density at radius 3 is 2.21 bits per heavy atom. The third kappa shape index (κ3) is 4.12.